The standard InChI is InChI=1S/C27H37N5O3.C25H33N5O3S/c1-26(2,3)24(34)21-12-18(15-32(21)9)28-25(35)22-10-17(14-30(22)7)11-23(33)20-13-19(16-31(20)8)29-27(4,5)6;1-24(2,3)21(32)18-11-16(13-30(18)8)26-22(33)19-9-15(12-29(19)7)10-20(31)17-14-34-23(27-17)28-25(4,5)6/h10,12-16,29H,11H2,1-9H3,(H,28,35);9,11-14H,10H2,1-8H3,(H,26,33)(H,27,28). The van der Waals surface area contributed by atoms with Gasteiger partial charge in [0.2, 0.25) is 0 Å². The Morgan fingerprint density at radius 3 is 1.28 bits per heavy atom. The van der Waals surface area contributed by atoms with Gasteiger partial charge in [0, 0.05) is 106 Å². The molecule has 0 bridgehead atoms. The Labute approximate surface area is 409 Å². The highest BCUT2D eigenvalue weighted by molar-refractivity contribution is 7.13. The maximum atomic E-state index is 13.0. The quantitative estimate of drug-likeness (QED) is 0.0771. The molecule has 0 aromatic carbocycles. The van der Waals surface area contributed by atoms with Crippen molar-refractivity contribution >= 4 is 68.5 Å². The average Bonchev–Trinajstić information content (AvgIpc) is 4.06. The molecule has 6 aromatic heterocycles. The Morgan fingerprint density at radius 2 is 0.855 bits per heavy atom. The summed E-state index contributed by atoms with van der Waals surface area (Å²) in [6.45, 7) is 23.5. The van der Waals surface area contributed by atoms with Crippen molar-refractivity contribution in [3.63, 3.8) is 0 Å². The topological polar surface area (TPSA) is 188 Å². The fourth-order valence-electron chi connectivity index (χ4n) is 7.46. The van der Waals surface area contributed by atoms with Gasteiger partial charge in [0.1, 0.15) is 17.1 Å². The number of aromatic nitrogens is 6. The molecular formula is C52H70N10O6S. The van der Waals surface area contributed by atoms with Crippen molar-refractivity contribution in [1.29, 1.82) is 0 Å². The van der Waals surface area contributed by atoms with Crippen LogP contribution in [0.5, 0.6) is 0 Å². The number of Topliss-reactive ketones (excluding diaryl/α,β-unsaturated/α-hetero) is 4. The smallest absolute Gasteiger partial charge is 0.272 e. The Morgan fingerprint density at radius 1 is 0.478 bits per heavy atom. The van der Waals surface area contributed by atoms with E-state index in [1.165, 1.54) is 11.3 Å². The van der Waals surface area contributed by atoms with E-state index in [0.717, 1.165) is 16.8 Å². The van der Waals surface area contributed by atoms with Crippen molar-refractivity contribution in [2.75, 3.05) is 21.3 Å². The minimum atomic E-state index is -0.520. The summed E-state index contributed by atoms with van der Waals surface area (Å²) < 4.78 is 8.66. The van der Waals surface area contributed by atoms with Crippen LogP contribution in [-0.2, 0) is 48.1 Å². The lowest BCUT2D eigenvalue weighted by molar-refractivity contribution is 0.0843. The van der Waals surface area contributed by atoms with Gasteiger partial charge in [0.25, 0.3) is 11.8 Å². The molecule has 4 N–H and O–H groups in total. The van der Waals surface area contributed by atoms with E-state index in [2.05, 4.69) is 47.0 Å². The molecule has 0 fully saturated rings. The van der Waals surface area contributed by atoms with E-state index in [4.69, 9.17) is 0 Å². The van der Waals surface area contributed by atoms with Crippen molar-refractivity contribution in [2.45, 2.75) is 107 Å². The first kappa shape index (κ1) is 53.2. The van der Waals surface area contributed by atoms with E-state index in [0.29, 0.717) is 50.7 Å². The SMILES string of the molecule is Cn1cc(CC(=O)c2csc(NC(C)(C)C)n2)cc1C(=O)Nc1cc(C(=O)C(C)(C)C)n(C)c1.Cn1cc(NC(C)(C)C)cc1C(=O)Cc1cc(C(=O)Nc2cc(C(=O)C(C)(C)C)n(C)c2)n(C)c1. The van der Waals surface area contributed by atoms with E-state index >= 15 is 0 Å². The fourth-order valence-corrected chi connectivity index (χ4v) is 8.39. The number of thiazole rings is 1. The molecule has 370 valence electrons. The summed E-state index contributed by atoms with van der Waals surface area (Å²) in [7, 11) is 8.95. The number of nitrogens with one attached hydrogen (secondary N) is 4. The van der Waals surface area contributed by atoms with E-state index in [1.807, 2.05) is 86.2 Å². The third kappa shape index (κ3) is 13.9. The molecule has 0 radical (unpaired) electrons. The third-order valence-electron chi connectivity index (χ3n) is 10.8. The van der Waals surface area contributed by atoms with Gasteiger partial charge in [-0.15, -0.1) is 11.3 Å². The summed E-state index contributed by atoms with van der Waals surface area (Å²) in [5.74, 6) is -0.752. The number of hydrogen-bond acceptors (Lipinski definition) is 10. The Balaban J connectivity index is 0.000000258. The zero-order chi connectivity index (χ0) is 51.7. The fraction of sp³-hybridized carbons (Fsp3) is 0.442. The summed E-state index contributed by atoms with van der Waals surface area (Å²) in [5.41, 5.74) is 5.11. The van der Waals surface area contributed by atoms with Gasteiger partial charge >= 0.3 is 0 Å². The predicted octanol–water partition coefficient (Wildman–Crippen LogP) is 9.76. The van der Waals surface area contributed by atoms with Crippen molar-refractivity contribution in [2.24, 2.45) is 46.1 Å². The molecule has 0 unspecified atom stereocenters. The summed E-state index contributed by atoms with van der Waals surface area (Å²) in [5, 5.41) is 14.8. The van der Waals surface area contributed by atoms with E-state index in [-0.39, 0.29) is 58.9 Å². The highest BCUT2D eigenvalue weighted by atomic mass is 32.1. The van der Waals surface area contributed by atoms with Crippen molar-refractivity contribution in [3.05, 3.63) is 112 Å². The monoisotopic (exact) mass is 963 g/mol. The first-order valence-corrected chi connectivity index (χ1v) is 23.7. The Kier molecular flexibility index (Phi) is 15.5. The van der Waals surface area contributed by atoms with Gasteiger partial charge < -0.3 is 44.1 Å². The first-order valence-electron chi connectivity index (χ1n) is 22.8. The van der Waals surface area contributed by atoms with Crippen LogP contribution in [0, 0.1) is 10.8 Å². The van der Waals surface area contributed by atoms with Gasteiger partial charge in [0.15, 0.2) is 28.3 Å². The molecule has 0 atom stereocenters. The van der Waals surface area contributed by atoms with Crippen molar-refractivity contribution < 1.29 is 28.8 Å². The highest BCUT2D eigenvalue weighted by Gasteiger charge is 2.28. The van der Waals surface area contributed by atoms with Gasteiger partial charge in [-0.3, -0.25) is 28.8 Å². The van der Waals surface area contributed by atoms with Gasteiger partial charge in [-0.1, -0.05) is 41.5 Å². The molecule has 6 heterocycles. The number of nitrogens with zero attached hydrogens (tertiary/aromatic N) is 6. The molecule has 0 spiro atoms. The van der Waals surface area contributed by atoms with E-state index in [1.54, 1.807) is 101 Å². The Hall–Kier alpha value is -6.75. The number of anilines is 4. The second-order valence-electron chi connectivity index (χ2n) is 21.9. The number of hydrogen-bond donors (Lipinski definition) is 4. The summed E-state index contributed by atoms with van der Waals surface area (Å²) in [4.78, 5) is 81.2. The van der Waals surface area contributed by atoms with E-state index in [9.17, 15) is 28.8 Å². The van der Waals surface area contributed by atoms with Gasteiger partial charge in [0.05, 0.1) is 34.1 Å². The number of rotatable bonds is 14. The maximum Gasteiger partial charge on any atom is 0.272 e. The molecule has 17 heteroatoms. The number of ketones is 4. The number of aryl methyl sites for hydroxylation is 5. The van der Waals surface area contributed by atoms with Crippen molar-refractivity contribution in [3.8, 4) is 0 Å². The molecule has 6 aromatic rings. The van der Waals surface area contributed by atoms with Crippen LogP contribution in [0.15, 0.2) is 66.7 Å². The molecule has 0 aliphatic heterocycles. The zero-order valence-corrected chi connectivity index (χ0v) is 44.1. The predicted molar refractivity (Wildman–Crippen MR) is 275 cm³/mol. The van der Waals surface area contributed by atoms with Crippen LogP contribution < -0.4 is 21.3 Å². The summed E-state index contributed by atoms with van der Waals surface area (Å²) in [6.07, 6.45) is 9.25. The van der Waals surface area contributed by atoms with Crippen LogP contribution in [0.1, 0.15) is 157 Å². The van der Waals surface area contributed by atoms with Crippen LogP contribution in [0.4, 0.5) is 22.2 Å². The maximum absolute atomic E-state index is 13.0. The van der Waals surface area contributed by atoms with Crippen LogP contribution in [0.25, 0.3) is 0 Å². The lowest BCUT2D eigenvalue weighted by Gasteiger charge is -2.20. The molecule has 6 rings (SSSR count). The van der Waals surface area contributed by atoms with Crippen LogP contribution in [0.3, 0.4) is 0 Å². The van der Waals surface area contributed by atoms with Crippen molar-refractivity contribution in [1.82, 2.24) is 27.8 Å². The normalized spacial score (nSPS) is 12.0. The van der Waals surface area contributed by atoms with Crippen LogP contribution in [-0.4, -0.2) is 73.8 Å². The molecule has 0 saturated heterocycles. The molecular weight excluding hydrogens is 893 g/mol. The molecule has 2 amide bonds. The molecule has 0 aliphatic rings. The lowest BCUT2D eigenvalue weighted by Crippen LogP contribution is -2.25. The average molecular weight is 963 g/mol. The zero-order valence-electron chi connectivity index (χ0n) is 43.3. The van der Waals surface area contributed by atoms with E-state index < -0.39 is 10.8 Å². The minimum Gasteiger partial charge on any atom is -0.379 e. The first-order chi connectivity index (χ1) is 31.7. The molecule has 16 nitrogen and oxygen atoms in total. The second kappa shape index (κ2) is 20.1. The van der Waals surface area contributed by atoms with Gasteiger partial charge in [-0.05, 0) is 83.0 Å². The molecule has 0 saturated carbocycles. The minimum absolute atomic E-state index is 0.00157. The lowest BCUT2D eigenvalue weighted by atomic mass is 9.89. The van der Waals surface area contributed by atoms with Gasteiger partial charge in [-0.2, -0.15) is 0 Å². The summed E-state index contributed by atoms with van der Waals surface area (Å²) in [6, 6.07) is 8.67. The number of carbonyl (C=O) groups is 6. The Bertz CT molecular complexity index is 2900. The third-order valence-corrected chi connectivity index (χ3v) is 11.5. The number of carbonyl (C=O) groups excluding carboxylic acids is 6. The molecule has 69 heavy (non-hydrogen) atoms. The largest absolute Gasteiger partial charge is 0.379 e. The number of amides is 2. The van der Waals surface area contributed by atoms with Gasteiger partial charge in [-0.25, -0.2) is 4.98 Å². The van der Waals surface area contributed by atoms with Crippen LogP contribution >= 0.6 is 11.3 Å². The highest BCUT2D eigenvalue weighted by Crippen LogP contribution is 2.27. The van der Waals surface area contributed by atoms with Crippen LogP contribution in [0.2, 0.25) is 0 Å². The summed E-state index contributed by atoms with van der Waals surface area (Å²) >= 11 is 1.40. The second-order valence-corrected chi connectivity index (χ2v) is 22.8. The molecule has 0 aliphatic carbocycles.